The summed E-state index contributed by atoms with van der Waals surface area (Å²) in [5, 5.41) is 0. The molecule has 2 nitrogen and oxygen atoms in total. The third-order valence-corrected chi connectivity index (χ3v) is 2.97. The smallest absolute Gasteiger partial charge is 0.122 e. The molecule has 15 heavy (non-hydrogen) atoms. The summed E-state index contributed by atoms with van der Waals surface area (Å²) in [4.78, 5) is 0. The third-order valence-electron chi connectivity index (χ3n) is 2.97. The molecule has 0 aliphatic carbocycles. The molecular weight excluding hydrogens is 188 g/mol. The summed E-state index contributed by atoms with van der Waals surface area (Å²) in [5.41, 5.74) is 3.70. The lowest BCUT2D eigenvalue weighted by molar-refractivity contribution is 0.325. The van der Waals surface area contributed by atoms with E-state index in [4.69, 9.17) is 9.47 Å². The summed E-state index contributed by atoms with van der Waals surface area (Å²) >= 11 is 0. The molecule has 0 aromatic heterocycles. The molecule has 0 N–H and O–H groups in total. The van der Waals surface area contributed by atoms with Crippen molar-refractivity contribution in [2.45, 2.75) is 33.3 Å². The van der Waals surface area contributed by atoms with E-state index in [9.17, 15) is 0 Å². The lowest BCUT2D eigenvalue weighted by atomic mass is 9.94. The van der Waals surface area contributed by atoms with Crippen LogP contribution in [0.25, 0.3) is 0 Å². The minimum atomic E-state index is -0.0421. The molecule has 1 heterocycles. The molecule has 1 aliphatic rings. The van der Waals surface area contributed by atoms with Gasteiger partial charge in [-0.2, -0.15) is 0 Å². The Bertz CT molecular complexity index is 378. The molecule has 1 aliphatic heterocycles. The summed E-state index contributed by atoms with van der Waals surface area (Å²) in [6.07, 6.45) is 0. The van der Waals surface area contributed by atoms with Gasteiger partial charge in [-0.3, -0.25) is 0 Å². The van der Waals surface area contributed by atoms with E-state index in [0.717, 1.165) is 12.4 Å². The molecule has 1 unspecified atom stereocenters. The Morgan fingerprint density at radius 3 is 2.53 bits per heavy atom. The van der Waals surface area contributed by atoms with E-state index in [1.807, 2.05) is 6.92 Å². The Hall–Kier alpha value is -1.02. The molecule has 0 radical (unpaired) electrons. The number of rotatable bonds is 3. The van der Waals surface area contributed by atoms with Crippen molar-refractivity contribution >= 4 is 0 Å². The van der Waals surface area contributed by atoms with Crippen LogP contribution in [0.4, 0.5) is 0 Å². The molecule has 1 aromatic carbocycles. The van der Waals surface area contributed by atoms with Gasteiger partial charge < -0.3 is 9.47 Å². The topological polar surface area (TPSA) is 21.8 Å². The molecule has 0 amide bonds. The molecular formula is C13H18O2. The number of hydrogen-bond acceptors (Lipinski definition) is 2. The van der Waals surface area contributed by atoms with Gasteiger partial charge >= 0.3 is 0 Å². The average molecular weight is 206 g/mol. The van der Waals surface area contributed by atoms with Crippen LogP contribution >= 0.6 is 0 Å². The van der Waals surface area contributed by atoms with Crippen LogP contribution in [0, 0.1) is 13.8 Å². The highest BCUT2D eigenvalue weighted by Crippen LogP contribution is 2.41. The first-order valence-electron chi connectivity index (χ1n) is 5.45. The van der Waals surface area contributed by atoms with Gasteiger partial charge in [-0.1, -0.05) is 0 Å². The van der Waals surface area contributed by atoms with E-state index in [1.54, 1.807) is 0 Å². The van der Waals surface area contributed by atoms with Crippen LogP contribution in [0.3, 0.4) is 0 Å². The highest BCUT2D eigenvalue weighted by atomic mass is 16.6. The zero-order valence-corrected chi connectivity index (χ0v) is 9.89. The lowest BCUT2D eigenvalue weighted by Gasteiger charge is -2.14. The predicted molar refractivity (Wildman–Crippen MR) is 60.4 cm³/mol. The Kier molecular flexibility index (Phi) is 2.47. The van der Waals surface area contributed by atoms with E-state index < -0.39 is 0 Å². The van der Waals surface area contributed by atoms with Crippen LogP contribution in [0.2, 0.25) is 0 Å². The maximum Gasteiger partial charge on any atom is 0.122 e. The molecule has 1 atom stereocenters. The molecule has 0 spiro atoms. The normalized spacial score (nSPS) is 24.0. The molecule has 1 aromatic rings. The summed E-state index contributed by atoms with van der Waals surface area (Å²) in [7, 11) is 0. The largest absolute Gasteiger partial charge is 0.494 e. The number of ether oxygens (including phenoxy) is 2. The second kappa shape index (κ2) is 3.53. The Balaban J connectivity index is 2.39. The predicted octanol–water partition coefficient (Wildman–Crippen LogP) is 2.95. The molecule has 0 bridgehead atoms. The minimum absolute atomic E-state index is 0.0421. The second-order valence-corrected chi connectivity index (χ2v) is 4.39. The molecule has 1 fully saturated rings. The van der Waals surface area contributed by atoms with Crippen molar-refractivity contribution in [2.24, 2.45) is 0 Å². The average Bonchev–Trinajstić information content (AvgIpc) is 2.91. The molecule has 1 saturated heterocycles. The van der Waals surface area contributed by atoms with E-state index in [0.29, 0.717) is 6.61 Å². The third kappa shape index (κ3) is 1.86. The van der Waals surface area contributed by atoms with Crippen molar-refractivity contribution in [3.8, 4) is 5.75 Å². The monoisotopic (exact) mass is 206 g/mol. The maximum atomic E-state index is 5.56. The van der Waals surface area contributed by atoms with Gasteiger partial charge in [-0.25, -0.2) is 0 Å². The van der Waals surface area contributed by atoms with Crippen LogP contribution in [-0.4, -0.2) is 13.2 Å². The quantitative estimate of drug-likeness (QED) is 0.709. The first-order chi connectivity index (χ1) is 7.07. The van der Waals surface area contributed by atoms with Gasteiger partial charge in [0.25, 0.3) is 0 Å². The fraction of sp³-hybridized carbons (Fsp3) is 0.538. The summed E-state index contributed by atoms with van der Waals surface area (Å²) in [5.74, 6) is 0.989. The number of benzene rings is 1. The minimum Gasteiger partial charge on any atom is -0.494 e. The second-order valence-electron chi connectivity index (χ2n) is 4.39. The summed E-state index contributed by atoms with van der Waals surface area (Å²) in [6, 6.07) is 4.30. The van der Waals surface area contributed by atoms with Gasteiger partial charge in [0.15, 0.2) is 0 Å². The maximum absolute atomic E-state index is 5.56. The zero-order chi connectivity index (χ0) is 11.1. The lowest BCUT2D eigenvalue weighted by Crippen LogP contribution is -2.06. The van der Waals surface area contributed by atoms with Crippen LogP contribution in [-0.2, 0) is 10.3 Å². The number of hydrogen-bond donors (Lipinski definition) is 0. The van der Waals surface area contributed by atoms with Crippen LogP contribution < -0.4 is 4.74 Å². The van der Waals surface area contributed by atoms with Crippen molar-refractivity contribution in [1.82, 2.24) is 0 Å². The van der Waals surface area contributed by atoms with Gasteiger partial charge in [0.2, 0.25) is 0 Å². The molecule has 2 heteroatoms. The van der Waals surface area contributed by atoms with Crippen LogP contribution in [0.1, 0.15) is 30.5 Å². The first kappa shape index (κ1) is 10.5. The van der Waals surface area contributed by atoms with Crippen molar-refractivity contribution in [3.63, 3.8) is 0 Å². The standard InChI is InChI=1S/C13H18O2/c1-5-14-12-7-9(2)11(6-10(12)3)13(4)8-15-13/h6-7H,5,8H2,1-4H3. The van der Waals surface area contributed by atoms with E-state index in [1.165, 1.54) is 16.7 Å². The summed E-state index contributed by atoms with van der Waals surface area (Å²) < 4.78 is 11.0. The van der Waals surface area contributed by atoms with E-state index in [2.05, 4.69) is 32.9 Å². The van der Waals surface area contributed by atoms with Gasteiger partial charge in [0, 0.05) is 0 Å². The van der Waals surface area contributed by atoms with Gasteiger partial charge in [0.05, 0.1) is 13.2 Å². The highest BCUT2D eigenvalue weighted by molar-refractivity contribution is 5.45. The van der Waals surface area contributed by atoms with Gasteiger partial charge in [-0.05, 0) is 56.5 Å². The van der Waals surface area contributed by atoms with Crippen molar-refractivity contribution < 1.29 is 9.47 Å². The first-order valence-corrected chi connectivity index (χ1v) is 5.45. The van der Waals surface area contributed by atoms with Crippen molar-refractivity contribution in [2.75, 3.05) is 13.2 Å². The van der Waals surface area contributed by atoms with Gasteiger partial charge in [0.1, 0.15) is 11.4 Å². The number of epoxide rings is 1. The van der Waals surface area contributed by atoms with E-state index >= 15 is 0 Å². The Morgan fingerprint density at radius 2 is 2.00 bits per heavy atom. The van der Waals surface area contributed by atoms with Crippen molar-refractivity contribution in [3.05, 3.63) is 28.8 Å². The van der Waals surface area contributed by atoms with Crippen LogP contribution in [0.5, 0.6) is 5.75 Å². The van der Waals surface area contributed by atoms with Crippen molar-refractivity contribution in [1.29, 1.82) is 0 Å². The van der Waals surface area contributed by atoms with Gasteiger partial charge in [-0.15, -0.1) is 0 Å². The highest BCUT2D eigenvalue weighted by Gasteiger charge is 2.42. The SMILES string of the molecule is CCOc1cc(C)c(C2(C)CO2)cc1C. The Labute approximate surface area is 91.2 Å². The van der Waals surface area contributed by atoms with Crippen LogP contribution in [0.15, 0.2) is 12.1 Å². The molecule has 2 rings (SSSR count). The fourth-order valence-electron chi connectivity index (χ4n) is 1.93. The Morgan fingerprint density at radius 1 is 1.33 bits per heavy atom. The molecule has 82 valence electrons. The summed E-state index contributed by atoms with van der Waals surface area (Å²) in [6.45, 7) is 9.89. The fourth-order valence-corrected chi connectivity index (χ4v) is 1.93. The van der Waals surface area contributed by atoms with E-state index in [-0.39, 0.29) is 5.60 Å². The molecule has 0 saturated carbocycles. The zero-order valence-electron chi connectivity index (χ0n) is 9.89. The number of aryl methyl sites for hydroxylation is 2.